The van der Waals surface area contributed by atoms with E-state index in [-0.39, 0.29) is 42.1 Å². The Morgan fingerprint density at radius 2 is 1.83 bits per heavy atom. The molecule has 3 heterocycles. The largest absolute Gasteiger partial charge is 0.465 e. The van der Waals surface area contributed by atoms with Gasteiger partial charge in [-0.25, -0.2) is 0 Å². The van der Waals surface area contributed by atoms with E-state index in [9.17, 15) is 19.5 Å². The Bertz CT molecular complexity index is 1150. The fourth-order valence-corrected chi connectivity index (χ4v) is 9.65. The first-order valence-electron chi connectivity index (χ1n) is 15.4. The summed E-state index contributed by atoms with van der Waals surface area (Å²) in [6.45, 7) is 17.8. The molecule has 8 nitrogen and oxygen atoms in total. The number of anilines is 2. The molecule has 1 aromatic rings. The number of esters is 1. The van der Waals surface area contributed by atoms with Crippen molar-refractivity contribution >= 4 is 40.9 Å². The first-order valence-corrected chi connectivity index (χ1v) is 16.2. The summed E-state index contributed by atoms with van der Waals surface area (Å²) in [6.07, 6.45) is 6.75. The van der Waals surface area contributed by atoms with Crippen LogP contribution in [0, 0.1) is 17.8 Å². The van der Waals surface area contributed by atoms with E-state index < -0.39 is 28.7 Å². The number of aliphatic hydroxyl groups is 1. The molecule has 3 aliphatic rings. The number of nitrogens with zero attached hydrogens (tertiary/aromatic N) is 3. The van der Waals surface area contributed by atoms with E-state index >= 15 is 0 Å². The van der Waals surface area contributed by atoms with Crippen LogP contribution < -0.4 is 9.80 Å². The van der Waals surface area contributed by atoms with Crippen LogP contribution in [-0.2, 0) is 19.1 Å². The van der Waals surface area contributed by atoms with Crippen LogP contribution in [0.15, 0.2) is 49.6 Å². The lowest BCUT2D eigenvalue weighted by atomic mass is 9.66. The Morgan fingerprint density at radius 1 is 1.17 bits per heavy atom. The molecule has 42 heavy (non-hydrogen) atoms. The maximum Gasteiger partial charge on any atom is 0.310 e. The van der Waals surface area contributed by atoms with Gasteiger partial charge in [-0.2, -0.15) is 0 Å². The third-order valence-electron chi connectivity index (χ3n) is 9.34. The lowest BCUT2D eigenvalue weighted by Gasteiger charge is -2.41. The van der Waals surface area contributed by atoms with E-state index in [0.29, 0.717) is 6.61 Å². The second kappa shape index (κ2) is 13.7. The average Bonchev–Trinajstić information content (AvgIpc) is 3.59. The number of allylic oxidation sites excluding steroid dienone is 1. The van der Waals surface area contributed by atoms with Gasteiger partial charge in [0.2, 0.25) is 5.91 Å². The molecule has 1 spiro atoms. The molecule has 0 aromatic heterocycles. The number of thioether (sulfide) groups is 1. The Labute approximate surface area is 255 Å². The third-order valence-corrected chi connectivity index (χ3v) is 11.4. The smallest absolute Gasteiger partial charge is 0.310 e. The summed E-state index contributed by atoms with van der Waals surface area (Å²) in [5.41, 5.74) is 1.80. The number of fused-ring (bicyclic) bond motifs is 1. The summed E-state index contributed by atoms with van der Waals surface area (Å²) in [7, 11) is 0. The van der Waals surface area contributed by atoms with Crippen molar-refractivity contribution in [3.05, 3.63) is 49.6 Å². The van der Waals surface area contributed by atoms with Gasteiger partial charge in [-0.3, -0.25) is 14.4 Å². The Morgan fingerprint density at radius 3 is 2.43 bits per heavy atom. The molecule has 1 aromatic carbocycles. The first-order chi connectivity index (χ1) is 20.2. The van der Waals surface area contributed by atoms with Gasteiger partial charge in [-0.05, 0) is 76.6 Å². The molecule has 9 heteroatoms. The summed E-state index contributed by atoms with van der Waals surface area (Å²) in [6, 6.07) is 6.51. The number of aliphatic hydroxyl groups excluding tert-OH is 1. The normalized spacial score (nSPS) is 28.4. The topological polar surface area (TPSA) is 90.4 Å². The van der Waals surface area contributed by atoms with Gasteiger partial charge in [0.15, 0.2) is 0 Å². The van der Waals surface area contributed by atoms with Crippen LogP contribution in [-0.4, -0.2) is 82.7 Å². The van der Waals surface area contributed by atoms with E-state index in [1.54, 1.807) is 34.6 Å². The highest BCUT2D eigenvalue weighted by Crippen LogP contribution is 2.69. The van der Waals surface area contributed by atoms with Crippen LogP contribution >= 0.6 is 11.8 Å². The zero-order valence-electron chi connectivity index (χ0n) is 25.5. The molecule has 3 unspecified atom stereocenters. The lowest BCUT2D eigenvalue weighted by Crippen LogP contribution is -2.59. The Hall–Kier alpha value is -2.78. The van der Waals surface area contributed by atoms with Crippen molar-refractivity contribution in [3.8, 4) is 0 Å². The fraction of sp³-hybridized carbons (Fsp3) is 0.606. The molecule has 3 saturated heterocycles. The van der Waals surface area contributed by atoms with Crippen LogP contribution in [0.5, 0.6) is 0 Å². The molecular formula is C33H47N3O5S. The van der Waals surface area contributed by atoms with Gasteiger partial charge in [0.05, 0.1) is 35.8 Å². The standard InChI is InChI=1S/C33H47N3O5S/c1-7-11-12-13-19-41-32(40)27-26-20-22(5)33(42-26)28(27)30(38)36(23(6)21-37)29(33)31(39)35(18-8-2)25-16-14-24(15-17-25)34(9-3)10-4/h7-8,14-17,22-23,26-29,37H,1-2,9-13,18-21H2,3-6H3/t22?,23-,26-,27+,28+,29?,33?/m1/s1. The lowest BCUT2D eigenvalue weighted by molar-refractivity contribution is -0.155. The van der Waals surface area contributed by atoms with E-state index in [2.05, 4.69) is 38.8 Å². The number of hydrogen-bond acceptors (Lipinski definition) is 7. The Kier molecular flexibility index (Phi) is 10.5. The Balaban J connectivity index is 1.69. The minimum atomic E-state index is -0.824. The molecular weight excluding hydrogens is 550 g/mol. The maximum absolute atomic E-state index is 14.7. The molecule has 4 rings (SSSR count). The van der Waals surface area contributed by atoms with E-state index in [1.165, 1.54) is 0 Å². The number of rotatable bonds is 15. The molecule has 1 N–H and O–H groups in total. The summed E-state index contributed by atoms with van der Waals surface area (Å²) in [5, 5.41) is 10.1. The zero-order chi connectivity index (χ0) is 30.6. The fourth-order valence-electron chi connectivity index (χ4n) is 7.26. The summed E-state index contributed by atoms with van der Waals surface area (Å²) < 4.78 is 4.93. The van der Waals surface area contributed by atoms with E-state index in [4.69, 9.17) is 4.74 Å². The van der Waals surface area contributed by atoms with Crippen molar-refractivity contribution in [2.24, 2.45) is 17.8 Å². The first kappa shape index (κ1) is 32.1. The van der Waals surface area contributed by atoms with E-state index in [1.807, 2.05) is 30.3 Å². The highest BCUT2D eigenvalue weighted by Gasteiger charge is 2.77. The molecule has 0 saturated carbocycles. The highest BCUT2D eigenvalue weighted by molar-refractivity contribution is 8.02. The van der Waals surface area contributed by atoms with Crippen LogP contribution in [0.1, 0.15) is 53.4 Å². The van der Waals surface area contributed by atoms with Crippen molar-refractivity contribution in [1.82, 2.24) is 4.90 Å². The highest BCUT2D eigenvalue weighted by atomic mass is 32.2. The third kappa shape index (κ3) is 5.50. The van der Waals surface area contributed by atoms with Gasteiger partial charge in [0.25, 0.3) is 5.91 Å². The SMILES string of the molecule is C=CCCCCOC(=O)[C@@H]1[C@H]2C(=O)N([C@H](C)CO)C(C(=O)N(CC=C)c3ccc(N(CC)CC)cc3)C23S[C@@H]1CC3C. The van der Waals surface area contributed by atoms with Crippen molar-refractivity contribution in [3.63, 3.8) is 0 Å². The van der Waals surface area contributed by atoms with Gasteiger partial charge in [-0.15, -0.1) is 24.9 Å². The number of unbranched alkanes of at least 4 members (excludes halogenated alkanes) is 2. The second-order valence-electron chi connectivity index (χ2n) is 11.7. The van der Waals surface area contributed by atoms with Gasteiger partial charge >= 0.3 is 5.97 Å². The van der Waals surface area contributed by atoms with Crippen LogP contribution in [0.25, 0.3) is 0 Å². The quantitative estimate of drug-likeness (QED) is 0.179. The predicted molar refractivity (Wildman–Crippen MR) is 170 cm³/mol. The van der Waals surface area contributed by atoms with Gasteiger partial charge in [0, 0.05) is 36.3 Å². The molecule has 230 valence electrons. The zero-order valence-corrected chi connectivity index (χ0v) is 26.4. The number of hydrogen-bond donors (Lipinski definition) is 1. The van der Waals surface area contributed by atoms with E-state index in [0.717, 1.165) is 50.1 Å². The molecule has 2 amide bonds. The van der Waals surface area contributed by atoms with Crippen molar-refractivity contribution in [2.75, 3.05) is 42.6 Å². The van der Waals surface area contributed by atoms with Crippen molar-refractivity contribution < 1.29 is 24.2 Å². The maximum atomic E-state index is 14.7. The molecule has 0 radical (unpaired) electrons. The van der Waals surface area contributed by atoms with Gasteiger partial charge in [-0.1, -0.05) is 19.1 Å². The molecule has 2 bridgehead atoms. The number of ether oxygens (including phenoxy) is 1. The van der Waals surface area contributed by atoms with Crippen LogP contribution in [0.3, 0.4) is 0 Å². The number of carbonyl (C=O) groups is 3. The number of amides is 2. The number of carbonyl (C=O) groups excluding carboxylic acids is 3. The van der Waals surface area contributed by atoms with Crippen LogP contribution in [0.2, 0.25) is 0 Å². The second-order valence-corrected chi connectivity index (χ2v) is 13.3. The summed E-state index contributed by atoms with van der Waals surface area (Å²) in [5.74, 6) is -2.04. The molecule has 0 aliphatic carbocycles. The monoisotopic (exact) mass is 597 g/mol. The summed E-state index contributed by atoms with van der Waals surface area (Å²) in [4.78, 5) is 48.0. The van der Waals surface area contributed by atoms with Crippen LogP contribution in [0.4, 0.5) is 11.4 Å². The van der Waals surface area contributed by atoms with Gasteiger partial charge in [0.1, 0.15) is 6.04 Å². The average molecular weight is 598 g/mol. The van der Waals surface area contributed by atoms with Crippen molar-refractivity contribution in [1.29, 1.82) is 0 Å². The molecule has 3 aliphatic heterocycles. The summed E-state index contributed by atoms with van der Waals surface area (Å²) >= 11 is 1.62. The minimum Gasteiger partial charge on any atom is -0.465 e. The predicted octanol–water partition coefficient (Wildman–Crippen LogP) is 4.67. The number of likely N-dealkylation sites (tertiary alicyclic amines) is 1. The molecule has 3 fully saturated rings. The molecule has 7 atom stereocenters. The number of benzene rings is 1. The van der Waals surface area contributed by atoms with Gasteiger partial charge < -0.3 is 24.5 Å². The van der Waals surface area contributed by atoms with Crippen molar-refractivity contribution in [2.45, 2.75) is 75.5 Å². The minimum absolute atomic E-state index is 0.0264.